The first-order chi connectivity index (χ1) is 8.69. The topological polar surface area (TPSA) is 52.5 Å². The van der Waals surface area contributed by atoms with Crippen molar-refractivity contribution in [3.63, 3.8) is 0 Å². The number of hydrogen-bond acceptors (Lipinski definition) is 3. The molecule has 1 aliphatic carbocycles. The second-order valence-corrected chi connectivity index (χ2v) is 5.71. The third-order valence-corrected chi connectivity index (χ3v) is 4.36. The second-order valence-electron chi connectivity index (χ2n) is 4.86. The molecule has 0 amide bonds. The molecule has 0 aromatic heterocycles. The molecule has 0 aliphatic heterocycles. The van der Waals surface area contributed by atoms with E-state index in [9.17, 15) is 10.2 Å². The van der Waals surface area contributed by atoms with Crippen LogP contribution in [0.1, 0.15) is 35.4 Å². The average molecular weight is 314 g/mol. The van der Waals surface area contributed by atoms with E-state index in [1.54, 1.807) is 0 Å². The minimum Gasteiger partial charge on any atom is -0.506 e. The van der Waals surface area contributed by atoms with E-state index < -0.39 is 0 Å². The van der Waals surface area contributed by atoms with Crippen LogP contribution in [-0.4, -0.2) is 30.4 Å². The fourth-order valence-corrected chi connectivity index (χ4v) is 3.44. The summed E-state index contributed by atoms with van der Waals surface area (Å²) in [4.78, 5) is 0. The number of benzene rings is 1. The number of phenols is 1. The van der Waals surface area contributed by atoms with Gasteiger partial charge in [-0.25, -0.2) is 0 Å². The Balaban J connectivity index is 2.38. The minimum atomic E-state index is 0.0786. The summed E-state index contributed by atoms with van der Waals surface area (Å²) in [6, 6.07) is 2.03. The number of rotatable bonds is 5. The first kappa shape index (κ1) is 13.8. The molecule has 3 nitrogen and oxygen atoms in total. The summed E-state index contributed by atoms with van der Waals surface area (Å²) in [6.07, 6.45) is 3.83. The number of phenolic OH excluding ortho intramolecular Hbond substituents is 1. The number of fused-ring (bicyclic) bond motifs is 1. The molecule has 1 atom stereocenters. The molecule has 0 unspecified atom stereocenters. The van der Waals surface area contributed by atoms with Crippen molar-refractivity contribution < 1.29 is 10.2 Å². The van der Waals surface area contributed by atoms with Crippen molar-refractivity contribution in [1.29, 1.82) is 0 Å². The van der Waals surface area contributed by atoms with Gasteiger partial charge in [0.25, 0.3) is 0 Å². The van der Waals surface area contributed by atoms with Gasteiger partial charge in [0.2, 0.25) is 0 Å². The molecule has 0 saturated heterocycles. The van der Waals surface area contributed by atoms with Crippen LogP contribution >= 0.6 is 15.9 Å². The maximum atomic E-state index is 10.2. The van der Waals surface area contributed by atoms with Gasteiger partial charge >= 0.3 is 0 Å². The van der Waals surface area contributed by atoms with Crippen LogP contribution in [0.15, 0.2) is 10.5 Å². The highest BCUT2D eigenvalue weighted by Gasteiger charge is 2.27. The molecule has 0 spiro atoms. The lowest BCUT2D eigenvalue weighted by molar-refractivity contribution is 0.296. The Labute approximate surface area is 116 Å². The maximum Gasteiger partial charge on any atom is 0.133 e. The zero-order valence-electron chi connectivity index (χ0n) is 10.7. The first-order valence-corrected chi connectivity index (χ1v) is 7.26. The molecule has 1 aromatic carbocycles. The number of hydrogen-bond donors (Lipinski definition) is 3. The van der Waals surface area contributed by atoms with Crippen LogP contribution in [0.3, 0.4) is 0 Å². The van der Waals surface area contributed by atoms with E-state index in [2.05, 4.69) is 21.2 Å². The molecule has 0 fully saturated rings. The molecular weight excluding hydrogens is 294 g/mol. The number of nitrogens with one attached hydrogen (secondary N) is 1. The van der Waals surface area contributed by atoms with Gasteiger partial charge in [-0.1, -0.05) is 0 Å². The SMILES string of the molecule is CNCC[C@@H]1CCc2cc(Br)c(O)c(CCO)c21. The van der Waals surface area contributed by atoms with Gasteiger partial charge in [-0.05, 0) is 78.3 Å². The largest absolute Gasteiger partial charge is 0.506 e. The molecule has 4 heteroatoms. The van der Waals surface area contributed by atoms with Crippen LogP contribution < -0.4 is 5.32 Å². The minimum absolute atomic E-state index is 0.0786. The highest BCUT2D eigenvalue weighted by molar-refractivity contribution is 9.10. The molecule has 18 heavy (non-hydrogen) atoms. The van der Waals surface area contributed by atoms with E-state index in [0.29, 0.717) is 18.1 Å². The molecule has 100 valence electrons. The van der Waals surface area contributed by atoms with E-state index in [-0.39, 0.29) is 6.61 Å². The molecule has 0 saturated carbocycles. The molecule has 1 aromatic rings. The van der Waals surface area contributed by atoms with Crippen molar-refractivity contribution in [3.05, 3.63) is 27.2 Å². The van der Waals surface area contributed by atoms with Gasteiger partial charge in [-0.15, -0.1) is 0 Å². The Morgan fingerprint density at radius 2 is 2.28 bits per heavy atom. The summed E-state index contributed by atoms with van der Waals surface area (Å²) >= 11 is 3.40. The Kier molecular flexibility index (Phi) is 4.65. The standard InChI is InChI=1S/C14H20BrNO2/c1-16-6-4-9-2-3-10-8-12(15)14(18)11(5-7-17)13(9)10/h8-9,16-18H,2-7H2,1H3/t9-/m0/s1. The van der Waals surface area contributed by atoms with E-state index in [1.165, 1.54) is 11.1 Å². The lowest BCUT2D eigenvalue weighted by Crippen LogP contribution is -2.12. The van der Waals surface area contributed by atoms with Crippen LogP contribution in [0.5, 0.6) is 5.75 Å². The van der Waals surface area contributed by atoms with Gasteiger partial charge in [-0.3, -0.25) is 0 Å². The summed E-state index contributed by atoms with van der Waals surface area (Å²) in [5.74, 6) is 0.812. The second kappa shape index (κ2) is 6.04. The van der Waals surface area contributed by atoms with Crippen LogP contribution in [0.4, 0.5) is 0 Å². The van der Waals surface area contributed by atoms with Gasteiger partial charge in [0.15, 0.2) is 0 Å². The summed E-state index contributed by atoms with van der Waals surface area (Å²) < 4.78 is 0.749. The molecule has 0 heterocycles. The maximum absolute atomic E-state index is 10.2. The summed E-state index contributed by atoms with van der Waals surface area (Å²) in [5, 5.41) is 22.5. The quantitative estimate of drug-likeness (QED) is 0.782. The van der Waals surface area contributed by atoms with Gasteiger partial charge in [-0.2, -0.15) is 0 Å². The molecule has 3 N–H and O–H groups in total. The zero-order chi connectivity index (χ0) is 13.1. The van der Waals surface area contributed by atoms with E-state index >= 15 is 0 Å². The van der Waals surface area contributed by atoms with E-state index in [1.807, 2.05) is 13.1 Å². The Morgan fingerprint density at radius 3 is 2.94 bits per heavy atom. The molecule has 0 radical (unpaired) electrons. The zero-order valence-corrected chi connectivity index (χ0v) is 12.3. The van der Waals surface area contributed by atoms with Gasteiger partial charge in [0.1, 0.15) is 5.75 Å². The van der Waals surface area contributed by atoms with Crippen LogP contribution in [-0.2, 0) is 12.8 Å². The number of halogens is 1. The van der Waals surface area contributed by atoms with Crippen molar-refractivity contribution in [3.8, 4) is 5.75 Å². The van der Waals surface area contributed by atoms with E-state index in [4.69, 9.17) is 0 Å². The Hall–Kier alpha value is -0.580. The van der Waals surface area contributed by atoms with Crippen molar-refractivity contribution in [2.24, 2.45) is 0 Å². The number of aromatic hydroxyl groups is 1. The Bertz CT molecular complexity index is 434. The monoisotopic (exact) mass is 313 g/mol. The van der Waals surface area contributed by atoms with Crippen LogP contribution in [0.25, 0.3) is 0 Å². The summed E-state index contributed by atoms with van der Waals surface area (Å²) in [6.45, 7) is 1.06. The highest BCUT2D eigenvalue weighted by Crippen LogP contribution is 2.44. The van der Waals surface area contributed by atoms with Gasteiger partial charge in [0.05, 0.1) is 4.47 Å². The van der Waals surface area contributed by atoms with Crippen molar-refractivity contribution in [2.75, 3.05) is 20.2 Å². The summed E-state index contributed by atoms with van der Waals surface area (Å²) in [7, 11) is 1.96. The van der Waals surface area contributed by atoms with Crippen molar-refractivity contribution >= 4 is 15.9 Å². The van der Waals surface area contributed by atoms with E-state index in [0.717, 1.165) is 35.8 Å². The van der Waals surface area contributed by atoms with Gasteiger partial charge in [0, 0.05) is 12.2 Å². The lowest BCUT2D eigenvalue weighted by atomic mass is 9.91. The molecule has 1 aliphatic rings. The number of aliphatic hydroxyl groups is 1. The number of aryl methyl sites for hydroxylation is 1. The van der Waals surface area contributed by atoms with Crippen molar-refractivity contribution in [1.82, 2.24) is 5.32 Å². The summed E-state index contributed by atoms with van der Waals surface area (Å²) in [5.41, 5.74) is 3.53. The smallest absolute Gasteiger partial charge is 0.133 e. The fraction of sp³-hybridized carbons (Fsp3) is 0.571. The molecule has 0 bridgehead atoms. The third kappa shape index (κ3) is 2.56. The third-order valence-electron chi connectivity index (χ3n) is 3.76. The normalized spacial score (nSPS) is 18.1. The lowest BCUT2D eigenvalue weighted by Gasteiger charge is -2.17. The molecular formula is C14H20BrNO2. The Morgan fingerprint density at radius 1 is 1.50 bits per heavy atom. The average Bonchev–Trinajstić information content (AvgIpc) is 2.75. The van der Waals surface area contributed by atoms with Crippen LogP contribution in [0, 0.1) is 0 Å². The molecule has 2 rings (SSSR count). The van der Waals surface area contributed by atoms with Crippen LogP contribution in [0.2, 0.25) is 0 Å². The van der Waals surface area contributed by atoms with Crippen molar-refractivity contribution in [2.45, 2.75) is 31.6 Å². The first-order valence-electron chi connectivity index (χ1n) is 6.47. The predicted octanol–water partition coefficient (Wildman–Crippen LogP) is 2.33. The predicted molar refractivity (Wildman–Crippen MR) is 76.2 cm³/mol. The highest BCUT2D eigenvalue weighted by atomic mass is 79.9. The number of aliphatic hydroxyl groups excluding tert-OH is 1. The van der Waals surface area contributed by atoms with Gasteiger partial charge < -0.3 is 15.5 Å². The fourth-order valence-electron chi connectivity index (χ4n) is 2.93.